The fraction of sp³-hybridized carbons (Fsp3) is 0.667. The molecule has 2 saturated heterocycles. The number of hydrogen-bond acceptors (Lipinski definition) is 4. The van der Waals surface area contributed by atoms with Crippen molar-refractivity contribution in [3.8, 4) is 0 Å². The predicted molar refractivity (Wildman–Crippen MR) is 118 cm³/mol. The van der Waals surface area contributed by atoms with Crippen LogP contribution in [-0.4, -0.2) is 47.3 Å². The van der Waals surface area contributed by atoms with Crippen LogP contribution < -0.4 is 0 Å². The van der Waals surface area contributed by atoms with E-state index in [0.717, 1.165) is 11.8 Å². The second-order valence-electron chi connectivity index (χ2n) is 7.61. The molecule has 0 saturated carbocycles. The number of aromatic nitrogens is 1. The fourth-order valence-electron chi connectivity index (χ4n) is 4.37. The smallest absolute Gasteiger partial charge is 0.0817 e. The van der Waals surface area contributed by atoms with E-state index in [1.165, 1.54) is 74.2 Å². The van der Waals surface area contributed by atoms with Crippen molar-refractivity contribution in [1.82, 2.24) is 14.6 Å². The highest BCUT2D eigenvalue weighted by atomic mass is 32.1. The quantitative estimate of drug-likeness (QED) is 0.661. The van der Waals surface area contributed by atoms with Gasteiger partial charge in [0.1, 0.15) is 0 Å². The average molecular weight is 392 g/mol. The molecular formula is C21H34N3PS. The largest absolute Gasteiger partial charge is 0.303 e. The topological polar surface area (TPSA) is 19.4 Å². The van der Waals surface area contributed by atoms with Crippen LogP contribution >= 0.6 is 20.7 Å². The van der Waals surface area contributed by atoms with E-state index in [4.69, 9.17) is 0 Å². The first-order valence-corrected chi connectivity index (χ1v) is 11.6. The maximum atomic E-state index is 4.54. The third kappa shape index (κ3) is 4.84. The SMILES string of the molecule is CC.Cc1cc(C2CCN(CC3CCN(P)CC3)CC2)c2scnc2c1. The summed E-state index contributed by atoms with van der Waals surface area (Å²) in [7, 11) is 2.86. The summed E-state index contributed by atoms with van der Waals surface area (Å²) < 4.78 is 3.81. The van der Waals surface area contributed by atoms with Gasteiger partial charge in [0.15, 0.2) is 0 Å². The van der Waals surface area contributed by atoms with Crippen LogP contribution in [0.5, 0.6) is 0 Å². The number of thiazole rings is 1. The van der Waals surface area contributed by atoms with Crippen molar-refractivity contribution < 1.29 is 0 Å². The number of rotatable bonds is 3. The number of hydrogen-bond donors (Lipinski definition) is 0. The molecule has 2 aromatic rings. The average Bonchev–Trinajstić information content (AvgIpc) is 3.14. The standard InChI is InChI=1S/C19H28N3PS.C2H6/c1-14-10-17(19-18(11-14)20-13-24-19)16-4-6-21(7-5-16)12-15-2-8-22(23)9-3-15;1-2/h10-11,13,15-16H,2-9,12,23H2,1H3;1-2H3. The summed E-state index contributed by atoms with van der Waals surface area (Å²) in [6.45, 7) is 12.5. The van der Waals surface area contributed by atoms with Gasteiger partial charge in [0.2, 0.25) is 0 Å². The fourth-order valence-corrected chi connectivity index (χ4v) is 5.54. The number of fused-ring (bicyclic) bond motifs is 1. The maximum Gasteiger partial charge on any atom is 0.0817 e. The number of benzene rings is 1. The van der Waals surface area contributed by atoms with Crippen molar-refractivity contribution in [2.24, 2.45) is 5.92 Å². The summed E-state index contributed by atoms with van der Waals surface area (Å²) in [5, 5.41) is 0. The molecule has 2 aliphatic heterocycles. The van der Waals surface area contributed by atoms with Crippen LogP contribution in [-0.2, 0) is 0 Å². The highest BCUT2D eigenvalue weighted by Crippen LogP contribution is 2.36. The van der Waals surface area contributed by atoms with Gasteiger partial charge in [0.05, 0.1) is 15.7 Å². The Balaban J connectivity index is 0.000000948. The van der Waals surface area contributed by atoms with E-state index >= 15 is 0 Å². The van der Waals surface area contributed by atoms with Crippen LogP contribution in [0.25, 0.3) is 10.2 Å². The molecule has 0 N–H and O–H groups in total. The lowest BCUT2D eigenvalue weighted by Gasteiger charge is -2.37. The van der Waals surface area contributed by atoms with Crippen molar-refractivity contribution in [2.45, 2.75) is 52.4 Å². The molecule has 1 aromatic heterocycles. The van der Waals surface area contributed by atoms with Gasteiger partial charge in [0, 0.05) is 19.6 Å². The molecule has 26 heavy (non-hydrogen) atoms. The van der Waals surface area contributed by atoms with Gasteiger partial charge in [-0.1, -0.05) is 29.3 Å². The van der Waals surface area contributed by atoms with Gasteiger partial charge in [-0.15, -0.1) is 11.3 Å². The zero-order valence-corrected chi connectivity index (χ0v) is 18.5. The minimum absolute atomic E-state index is 0.720. The molecule has 0 amide bonds. The number of nitrogens with zero attached hydrogens (tertiary/aromatic N) is 3. The van der Waals surface area contributed by atoms with Crippen molar-refractivity contribution >= 4 is 30.9 Å². The molecule has 0 radical (unpaired) electrons. The summed E-state index contributed by atoms with van der Waals surface area (Å²) in [6.07, 6.45) is 5.34. The lowest BCUT2D eigenvalue weighted by Crippen LogP contribution is -2.39. The Morgan fingerprint density at radius 2 is 1.77 bits per heavy atom. The van der Waals surface area contributed by atoms with E-state index in [2.05, 4.69) is 43.0 Å². The van der Waals surface area contributed by atoms with E-state index in [1.807, 2.05) is 30.7 Å². The summed E-state index contributed by atoms with van der Waals surface area (Å²) in [6, 6.07) is 4.64. The second kappa shape index (κ2) is 9.59. The van der Waals surface area contributed by atoms with Gasteiger partial charge in [0.25, 0.3) is 0 Å². The van der Waals surface area contributed by atoms with E-state index < -0.39 is 0 Å². The van der Waals surface area contributed by atoms with E-state index in [0.29, 0.717) is 0 Å². The van der Waals surface area contributed by atoms with Crippen LogP contribution in [0, 0.1) is 12.8 Å². The van der Waals surface area contributed by atoms with Crippen LogP contribution in [0.4, 0.5) is 0 Å². The highest BCUT2D eigenvalue weighted by molar-refractivity contribution is 7.17. The van der Waals surface area contributed by atoms with Gasteiger partial charge in [-0.05, 0) is 74.7 Å². The molecule has 0 aliphatic carbocycles. The first kappa shape index (κ1) is 20.2. The molecule has 2 fully saturated rings. The summed E-state index contributed by atoms with van der Waals surface area (Å²) in [4.78, 5) is 7.26. The van der Waals surface area contributed by atoms with Gasteiger partial charge < -0.3 is 4.90 Å². The number of piperidine rings is 2. The van der Waals surface area contributed by atoms with E-state index in [-0.39, 0.29) is 0 Å². The molecule has 5 heteroatoms. The summed E-state index contributed by atoms with van der Waals surface area (Å²) in [5.41, 5.74) is 6.11. The van der Waals surface area contributed by atoms with Crippen molar-refractivity contribution in [1.29, 1.82) is 0 Å². The van der Waals surface area contributed by atoms with Gasteiger partial charge in [-0.25, -0.2) is 4.98 Å². The third-order valence-corrected chi connectivity index (χ3v) is 7.21. The zero-order chi connectivity index (χ0) is 18.5. The Morgan fingerprint density at radius 1 is 1.08 bits per heavy atom. The van der Waals surface area contributed by atoms with Crippen molar-refractivity contribution in [3.63, 3.8) is 0 Å². The molecule has 4 rings (SSSR count). The highest BCUT2D eigenvalue weighted by Gasteiger charge is 2.25. The molecular weight excluding hydrogens is 357 g/mol. The van der Waals surface area contributed by atoms with Crippen LogP contribution in [0.2, 0.25) is 0 Å². The number of likely N-dealkylation sites (tertiary alicyclic amines) is 1. The Labute approximate surface area is 165 Å². The lowest BCUT2D eigenvalue weighted by molar-refractivity contribution is 0.155. The van der Waals surface area contributed by atoms with Crippen LogP contribution in [0.3, 0.4) is 0 Å². The van der Waals surface area contributed by atoms with Crippen molar-refractivity contribution in [3.05, 3.63) is 28.8 Å². The molecule has 3 heterocycles. The number of aryl methyl sites for hydroxylation is 1. The molecule has 1 unspecified atom stereocenters. The molecule has 1 atom stereocenters. The monoisotopic (exact) mass is 391 g/mol. The predicted octanol–water partition coefficient (Wildman–Crippen LogP) is 5.31. The summed E-state index contributed by atoms with van der Waals surface area (Å²) >= 11 is 1.81. The van der Waals surface area contributed by atoms with E-state index in [1.54, 1.807) is 5.56 Å². The minimum atomic E-state index is 0.720. The Kier molecular flexibility index (Phi) is 7.45. The normalized spacial score (nSPS) is 20.9. The van der Waals surface area contributed by atoms with Gasteiger partial charge in [-0.3, -0.25) is 4.67 Å². The minimum Gasteiger partial charge on any atom is -0.303 e. The Hall–Kier alpha value is -0.540. The molecule has 1 aromatic carbocycles. The molecule has 144 valence electrons. The molecule has 2 aliphatic rings. The first-order chi connectivity index (χ1) is 12.7. The Bertz CT molecular complexity index is 686. The van der Waals surface area contributed by atoms with Crippen molar-refractivity contribution in [2.75, 3.05) is 32.7 Å². The van der Waals surface area contributed by atoms with Gasteiger partial charge in [-0.2, -0.15) is 0 Å². The zero-order valence-electron chi connectivity index (χ0n) is 16.6. The molecule has 0 bridgehead atoms. The first-order valence-electron chi connectivity index (χ1n) is 10.2. The summed E-state index contributed by atoms with van der Waals surface area (Å²) in [5.74, 6) is 1.63. The van der Waals surface area contributed by atoms with Gasteiger partial charge >= 0.3 is 0 Å². The van der Waals surface area contributed by atoms with Crippen LogP contribution in [0.15, 0.2) is 17.6 Å². The van der Waals surface area contributed by atoms with E-state index in [9.17, 15) is 0 Å². The lowest BCUT2D eigenvalue weighted by atomic mass is 9.87. The third-order valence-electron chi connectivity index (χ3n) is 5.80. The van der Waals surface area contributed by atoms with Crippen LogP contribution in [0.1, 0.15) is 56.6 Å². The molecule has 3 nitrogen and oxygen atoms in total. The molecule has 0 spiro atoms. The second-order valence-corrected chi connectivity index (χ2v) is 9.19. The Morgan fingerprint density at radius 3 is 2.46 bits per heavy atom. The maximum absolute atomic E-state index is 4.54.